The molecule has 3 N–H and O–H groups in total. The van der Waals surface area contributed by atoms with Crippen LogP contribution in [0.25, 0.3) is 0 Å². The molecular formula is C20H27N3O3S. The molecule has 0 saturated carbocycles. The SMILES string of the molecule is CNS(=O)(=O)c1cccc(CNC(=O)NC(c2ccccc2)C(C)(C)C)c1. The van der Waals surface area contributed by atoms with Crippen molar-refractivity contribution >= 4 is 16.1 Å². The summed E-state index contributed by atoms with van der Waals surface area (Å²) in [7, 11) is -2.15. The minimum absolute atomic E-state index is 0.158. The van der Waals surface area contributed by atoms with Crippen LogP contribution in [0.2, 0.25) is 0 Å². The van der Waals surface area contributed by atoms with Crippen molar-refractivity contribution in [1.29, 1.82) is 0 Å². The molecule has 0 aromatic heterocycles. The van der Waals surface area contributed by atoms with Crippen LogP contribution >= 0.6 is 0 Å². The summed E-state index contributed by atoms with van der Waals surface area (Å²) >= 11 is 0. The molecule has 0 aliphatic heterocycles. The highest BCUT2D eigenvalue weighted by Crippen LogP contribution is 2.32. The van der Waals surface area contributed by atoms with Crippen molar-refractivity contribution in [1.82, 2.24) is 15.4 Å². The molecular weight excluding hydrogens is 362 g/mol. The Morgan fingerprint density at radius 2 is 1.70 bits per heavy atom. The van der Waals surface area contributed by atoms with Crippen molar-refractivity contribution in [2.45, 2.75) is 38.3 Å². The fourth-order valence-corrected chi connectivity index (χ4v) is 3.55. The summed E-state index contributed by atoms with van der Waals surface area (Å²) < 4.78 is 26.1. The first kappa shape index (κ1) is 20.9. The van der Waals surface area contributed by atoms with Crippen LogP contribution in [0.1, 0.15) is 37.9 Å². The van der Waals surface area contributed by atoms with Crippen molar-refractivity contribution in [3.8, 4) is 0 Å². The lowest BCUT2D eigenvalue weighted by Crippen LogP contribution is -2.42. The van der Waals surface area contributed by atoms with E-state index in [9.17, 15) is 13.2 Å². The summed E-state index contributed by atoms with van der Waals surface area (Å²) in [6.45, 7) is 6.43. The Hall–Kier alpha value is -2.38. The van der Waals surface area contributed by atoms with E-state index in [1.165, 1.54) is 13.1 Å². The van der Waals surface area contributed by atoms with E-state index in [4.69, 9.17) is 0 Å². The van der Waals surface area contributed by atoms with Crippen molar-refractivity contribution in [3.63, 3.8) is 0 Å². The summed E-state index contributed by atoms with van der Waals surface area (Å²) in [6.07, 6.45) is 0. The minimum Gasteiger partial charge on any atom is -0.334 e. The maximum absolute atomic E-state index is 12.4. The lowest BCUT2D eigenvalue weighted by molar-refractivity contribution is 0.218. The van der Waals surface area contributed by atoms with Crippen molar-refractivity contribution < 1.29 is 13.2 Å². The smallest absolute Gasteiger partial charge is 0.315 e. The van der Waals surface area contributed by atoms with Gasteiger partial charge < -0.3 is 10.6 Å². The molecule has 146 valence electrons. The highest BCUT2D eigenvalue weighted by molar-refractivity contribution is 7.89. The van der Waals surface area contributed by atoms with Crippen LogP contribution in [0, 0.1) is 5.41 Å². The molecule has 0 aliphatic carbocycles. The van der Waals surface area contributed by atoms with Gasteiger partial charge in [0, 0.05) is 6.54 Å². The highest BCUT2D eigenvalue weighted by Gasteiger charge is 2.27. The molecule has 0 saturated heterocycles. The molecule has 2 amide bonds. The molecule has 0 aliphatic rings. The Bertz CT molecular complexity index is 875. The van der Waals surface area contributed by atoms with Gasteiger partial charge in [0.2, 0.25) is 10.0 Å². The predicted octanol–water partition coefficient (Wildman–Crippen LogP) is 3.18. The van der Waals surface area contributed by atoms with E-state index in [0.29, 0.717) is 5.56 Å². The Morgan fingerprint density at radius 3 is 2.30 bits per heavy atom. The number of hydrogen-bond acceptors (Lipinski definition) is 3. The van der Waals surface area contributed by atoms with Crippen LogP contribution in [-0.4, -0.2) is 21.5 Å². The number of nitrogens with one attached hydrogen (secondary N) is 3. The standard InChI is InChI=1S/C20H27N3O3S/c1-20(2,3)18(16-10-6-5-7-11-16)23-19(24)22-14-15-9-8-12-17(13-15)27(25,26)21-4/h5-13,18,21H,14H2,1-4H3,(H2,22,23,24). The fraction of sp³-hybridized carbons (Fsp3) is 0.350. The number of carbonyl (C=O) groups excluding carboxylic acids is 1. The largest absolute Gasteiger partial charge is 0.334 e. The van der Waals surface area contributed by atoms with Gasteiger partial charge in [-0.1, -0.05) is 63.2 Å². The van der Waals surface area contributed by atoms with Gasteiger partial charge in [-0.05, 0) is 35.7 Å². The summed E-state index contributed by atoms with van der Waals surface area (Å²) in [6, 6.07) is 15.8. The number of rotatable bonds is 6. The Labute approximate surface area is 161 Å². The molecule has 1 unspecified atom stereocenters. The molecule has 6 nitrogen and oxygen atoms in total. The molecule has 1 atom stereocenters. The van der Waals surface area contributed by atoms with Crippen LogP contribution in [0.4, 0.5) is 4.79 Å². The average molecular weight is 390 g/mol. The van der Waals surface area contributed by atoms with Gasteiger partial charge in [-0.15, -0.1) is 0 Å². The van der Waals surface area contributed by atoms with Gasteiger partial charge in [0.1, 0.15) is 0 Å². The number of sulfonamides is 1. The monoisotopic (exact) mass is 389 g/mol. The van der Waals surface area contributed by atoms with Crippen LogP contribution in [0.5, 0.6) is 0 Å². The molecule has 0 heterocycles. The summed E-state index contributed by atoms with van der Waals surface area (Å²) in [4.78, 5) is 12.6. The normalized spacial score (nSPS) is 13.0. The van der Waals surface area contributed by atoms with Gasteiger partial charge in [0.05, 0.1) is 10.9 Å². The van der Waals surface area contributed by atoms with Crippen LogP contribution in [0.3, 0.4) is 0 Å². The summed E-state index contributed by atoms with van der Waals surface area (Å²) in [5, 5.41) is 5.82. The summed E-state index contributed by atoms with van der Waals surface area (Å²) in [5.41, 5.74) is 1.57. The first-order valence-corrected chi connectivity index (χ1v) is 10.2. The van der Waals surface area contributed by atoms with Crippen LogP contribution in [-0.2, 0) is 16.6 Å². The molecule has 0 fully saturated rings. The first-order chi connectivity index (χ1) is 12.6. The zero-order valence-corrected chi connectivity index (χ0v) is 16.9. The zero-order chi connectivity index (χ0) is 20.1. The maximum atomic E-state index is 12.4. The van der Waals surface area contributed by atoms with E-state index in [0.717, 1.165) is 5.56 Å². The molecule has 0 radical (unpaired) electrons. The molecule has 2 aromatic carbocycles. The van der Waals surface area contributed by atoms with E-state index in [1.54, 1.807) is 18.2 Å². The maximum Gasteiger partial charge on any atom is 0.315 e. The van der Waals surface area contributed by atoms with Crippen LogP contribution in [0.15, 0.2) is 59.5 Å². The second kappa shape index (κ2) is 8.54. The molecule has 2 rings (SSSR count). The molecule has 7 heteroatoms. The molecule has 2 aromatic rings. The average Bonchev–Trinajstić information content (AvgIpc) is 2.64. The third-order valence-electron chi connectivity index (χ3n) is 4.20. The Morgan fingerprint density at radius 1 is 1.04 bits per heavy atom. The highest BCUT2D eigenvalue weighted by atomic mass is 32.2. The predicted molar refractivity (Wildman–Crippen MR) is 107 cm³/mol. The second-order valence-corrected chi connectivity index (χ2v) is 9.28. The topological polar surface area (TPSA) is 87.3 Å². The van der Waals surface area contributed by atoms with Crippen molar-refractivity contribution in [2.24, 2.45) is 5.41 Å². The van der Waals surface area contributed by atoms with Gasteiger partial charge in [-0.2, -0.15) is 0 Å². The number of urea groups is 1. The van der Waals surface area contributed by atoms with Gasteiger partial charge in [-0.25, -0.2) is 17.9 Å². The van der Waals surface area contributed by atoms with E-state index in [-0.39, 0.29) is 28.9 Å². The van der Waals surface area contributed by atoms with E-state index in [2.05, 4.69) is 36.1 Å². The van der Waals surface area contributed by atoms with Gasteiger partial charge in [0.15, 0.2) is 0 Å². The van der Waals surface area contributed by atoms with Gasteiger partial charge >= 0.3 is 6.03 Å². The third-order valence-corrected chi connectivity index (χ3v) is 5.62. The fourth-order valence-electron chi connectivity index (χ4n) is 2.75. The van der Waals surface area contributed by atoms with E-state index >= 15 is 0 Å². The van der Waals surface area contributed by atoms with Gasteiger partial charge in [-0.3, -0.25) is 0 Å². The second-order valence-electron chi connectivity index (χ2n) is 7.39. The van der Waals surface area contributed by atoms with E-state index in [1.807, 2.05) is 30.3 Å². The Balaban J connectivity index is 2.06. The van der Waals surface area contributed by atoms with Crippen LogP contribution < -0.4 is 15.4 Å². The zero-order valence-electron chi connectivity index (χ0n) is 16.1. The molecule has 27 heavy (non-hydrogen) atoms. The summed E-state index contributed by atoms with van der Waals surface area (Å²) in [5.74, 6) is 0. The number of benzene rings is 2. The number of carbonyl (C=O) groups is 1. The Kier molecular flexibility index (Phi) is 6.62. The molecule has 0 spiro atoms. The minimum atomic E-state index is -3.51. The van der Waals surface area contributed by atoms with E-state index < -0.39 is 10.0 Å². The lowest BCUT2D eigenvalue weighted by atomic mass is 9.82. The lowest BCUT2D eigenvalue weighted by Gasteiger charge is -2.32. The molecule has 0 bridgehead atoms. The van der Waals surface area contributed by atoms with Crippen molar-refractivity contribution in [2.75, 3.05) is 7.05 Å². The number of amides is 2. The van der Waals surface area contributed by atoms with Crippen molar-refractivity contribution in [3.05, 3.63) is 65.7 Å². The third kappa shape index (κ3) is 5.80. The van der Waals surface area contributed by atoms with Gasteiger partial charge in [0.25, 0.3) is 0 Å². The number of hydrogen-bond donors (Lipinski definition) is 3. The quantitative estimate of drug-likeness (QED) is 0.709. The first-order valence-electron chi connectivity index (χ1n) is 8.75.